The Kier molecular flexibility index (Phi) is 28.9. The number of hydrogen-bond donors (Lipinski definition) is 12. The summed E-state index contributed by atoms with van der Waals surface area (Å²) in [5, 5.41) is 119. The molecule has 0 bridgehead atoms. The summed E-state index contributed by atoms with van der Waals surface area (Å²) in [6.45, 7) is 1.39. The van der Waals surface area contributed by atoms with Gasteiger partial charge in [-0.15, -0.1) is 0 Å². The van der Waals surface area contributed by atoms with E-state index in [1.54, 1.807) is 12.2 Å². The van der Waals surface area contributed by atoms with Gasteiger partial charge in [0.15, 0.2) is 18.9 Å². The van der Waals surface area contributed by atoms with Crippen LogP contribution in [-0.4, -0.2) is 193 Å². The fourth-order valence-electron chi connectivity index (χ4n) is 8.17. The average molecular weight is 950 g/mol. The van der Waals surface area contributed by atoms with Crippen LogP contribution < -0.4 is 5.32 Å². The summed E-state index contributed by atoms with van der Waals surface area (Å²) in [5.41, 5.74) is 0. The maximum atomic E-state index is 13.1. The number of hydrogen-bond acceptors (Lipinski definition) is 18. The van der Waals surface area contributed by atoms with E-state index in [2.05, 4.69) is 30.5 Å². The van der Waals surface area contributed by atoms with Crippen LogP contribution in [0.2, 0.25) is 0 Å². The van der Waals surface area contributed by atoms with Crippen LogP contribution in [0.3, 0.4) is 0 Å². The fourth-order valence-corrected chi connectivity index (χ4v) is 8.17. The van der Waals surface area contributed by atoms with E-state index in [0.717, 1.165) is 38.5 Å². The van der Waals surface area contributed by atoms with E-state index in [9.17, 15) is 61.0 Å². The van der Waals surface area contributed by atoms with Gasteiger partial charge in [0.1, 0.15) is 73.2 Å². The molecule has 0 aromatic carbocycles. The molecular weight excluding hydrogens is 867 g/mol. The molecule has 3 saturated heterocycles. The Labute approximate surface area is 390 Å². The molecule has 384 valence electrons. The fraction of sp³-hybridized carbons (Fsp3) is 0.851. The van der Waals surface area contributed by atoms with E-state index in [1.807, 2.05) is 13.0 Å². The molecule has 17 atom stereocenters. The van der Waals surface area contributed by atoms with Crippen LogP contribution in [0.1, 0.15) is 123 Å². The average Bonchev–Trinajstić information content (AvgIpc) is 3.31. The lowest BCUT2D eigenvalue weighted by Crippen LogP contribution is -2.66. The van der Waals surface area contributed by atoms with Gasteiger partial charge in [-0.25, -0.2) is 0 Å². The second kappa shape index (κ2) is 32.8. The largest absolute Gasteiger partial charge is 0.394 e. The topological polar surface area (TPSA) is 307 Å². The summed E-state index contributed by atoms with van der Waals surface area (Å²) in [6.07, 6.45) is 1.97. The molecule has 0 aromatic rings. The first kappa shape index (κ1) is 58.3. The third kappa shape index (κ3) is 19.1. The number of aliphatic hydroxyl groups excluding tert-OH is 11. The van der Waals surface area contributed by atoms with Gasteiger partial charge in [-0.1, -0.05) is 114 Å². The van der Waals surface area contributed by atoms with Gasteiger partial charge in [0.2, 0.25) is 5.91 Å². The number of allylic oxidation sites excluding steroid dienone is 5. The lowest BCUT2D eigenvalue weighted by atomic mass is 9.96. The van der Waals surface area contributed by atoms with E-state index in [1.165, 1.54) is 51.4 Å². The Bertz CT molecular complexity index is 1370. The molecule has 0 radical (unpaired) electrons. The van der Waals surface area contributed by atoms with Gasteiger partial charge >= 0.3 is 0 Å². The highest BCUT2D eigenvalue weighted by molar-refractivity contribution is 5.76. The zero-order valence-corrected chi connectivity index (χ0v) is 38.9. The van der Waals surface area contributed by atoms with Crippen LogP contribution in [0, 0.1) is 0 Å². The lowest BCUT2D eigenvalue weighted by Gasteiger charge is -2.48. The van der Waals surface area contributed by atoms with E-state index < -0.39 is 124 Å². The first-order chi connectivity index (χ1) is 31.8. The number of carbonyl (C=O) groups is 1. The number of aliphatic hydroxyl groups is 11. The van der Waals surface area contributed by atoms with Crippen molar-refractivity contribution in [2.45, 2.75) is 227 Å². The quantitative estimate of drug-likeness (QED) is 0.0325. The normalized spacial score (nSPS) is 34.1. The van der Waals surface area contributed by atoms with Crippen molar-refractivity contribution in [3.05, 3.63) is 36.5 Å². The van der Waals surface area contributed by atoms with Gasteiger partial charge in [0.05, 0.1) is 38.6 Å². The van der Waals surface area contributed by atoms with Crippen LogP contribution in [0.4, 0.5) is 0 Å². The molecule has 0 aliphatic carbocycles. The number of nitrogens with one attached hydrogen (secondary N) is 1. The summed E-state index contributed by atoms with van der Waals surface area (Å²) in [5.74, 6) is -0.297. The molecule has 3 aliphatic rings. The monoisotopic (exact) mass is 950 g/mol. The SMILES string of the molecule is C/C=C/CC/C=C/CC/C=C/C(O)C(COC1OC(CO)C(OC2OC(CO)C(OC3OC(CO)C(O)C(O)C3O)C(O)C2O)C(O)C1O)NC(=O)CCCCCCCCCCCCCC. The van der Waals surface area contributed by atoms with E-state index >= 15 is 0 Å². The number of carbonyl (C=O) groups excluding carboxylic acids is 1. The van der Waals surface area contributed by atoms with E-state index in [4.69, 9.17) is 28.4 Å². The molecule has 3 heterocycles. The molecule has 3 rings (SSSR count). The van der Waals surface area contributed by atoms with Gasteiger partial charge in [-0.3, -0.25) is 4.79 Å². The molecule has 19 heteroatoms. The lowest BCUT2D eigenvalue weighted by molar-refractivity contribution is -0.379. The van der Waals surface area contributed by atoms with Crippen molar-refractivity contribution in [3.8, 4) is 0 Å². The molecular formula is C47H83NO18. The summed E-state index contributed by atoms with van der Waals surface area (Å²) < 4.78 is 34.0. The number of rotatable bonds is 32. The Balaban J connectivity index is 1.59. The Morgan fingerprint density at radius 1 is 0.561 bits per heavy atom. The van der Waals surface area contributed by atoms with Gasteiger partial charge in [0.25, 0.3) is 0 Å². The van der Waals surface area contributed by atoms with Crippen molar-refractivity contribution in [3.63, 3.8) is 0 Å². The summed E-state index contributed by atoms with van der Waals surface area (Å²) >= 11 is 0. The van der Waals surface area contributed by atoms with Crippen LogP contribution in [0.5, 0.6) is 0 Å². The highest BCUT2D eigenvalue weighted by Crippen LogP contribution is 2.33. The van der Waals surface area contributed by atoms with Gasteiger partial charge < -0.3 is 89.9 Å². The van der Waals surface area contributed by atoms with Crippen molar-refractivity contribution >= 4 is 5.91 Å². The summed E-state index contributed by atoms with van der Waals surface area (Å²) in [6, 6.07) is -0.988. The molecule has 19 nitrogen and oxygen atoms in total. The first-order valence-corrected chi connectivity index (χ1v) is 24.2. The van der Waals surface area contributed by atoms with Gasteiger partial charge in [-0.2, -0.15) is 0 Å². The number of unbranched alkanes of at least 4 members (excludes halogenated alkanes) is 13. The second-order valence-corrected chi connectivity index (χ2v) is 17.6. The number of ether oxygens (including phenoxy) is 6. The minimum atomic E-state index is -1.98. The van der Waals surface area contributed by atoms with Crippen molar-refractivity contribution in [2.75, 3.05) is 26.4 Å². The molecule has 17 unspecified atom stereocenters. The zero-order valence-electron chi connectivity index (χ0n) is 38.9. The highest BCUT2D eigenvalue weighted by Gasteiger charge is 2.53. The molecule has 12 N–H and O–H groups in total. The predicted molar refractivity (Wildman–Crippen MR) is 240 cm³/mol. The predicted octanol–water partition coefficient (Wildman–Crippen LogP) is 0.637. The minimum absolute atomic E-state index is 0.233. The molecule has 1 amide bonds. The maximum absolute atomic E-state index is 13.1. The Morgan fingerprint density at radius 3 is 1.52 bits per heavy atom. The molecule has 3 fully saturated rings. The Morgan fingerprint density at radius 2 is 1.00 bits per heavy atom. The maximum Gasteiger partial charge on any atom is 0.220 e. The third-order valence-electron chi connectivity index (χ3n) is 12.3. The van der Waals surface area contributed by atoms with Crippen molar-refractivity contribution in [1.29, 1.82) is 0 Å². The van der Waals surface area contributed by atoms with Crippen LogP contribution >= 0.6 is 0 Å². The van der Waals surface area contributed by atoms with Crippen LogP contribution in [0.15, 0.2) is 36.5 Å². The Hall–Kier alpha value is -1.99. The van der Waals surface area contributed by atoms with Crippen LogP contribution in [0.25, 0.3) is 0 Å². The van der Waals surface area contributed by atoms with Gasteiger partial charge in [-0.05, 0) is 39.0 Å². The minimum Gasteiger partial charge on any atom is -0.394 e. The molecule has 0 spiro atoms. The number of amides is 1. The summed E-state index contributed by atoms with van der Waals surface area (Å²) in [7, 11) is 0. The zero-order chi connectivity index (χ0) is 48.4. The smallest absolute Gasteiger partial charge is 0.220 e. The van der Waals surface area contributed by atoms with E-state index in [-0.39, 0.29) is 18.9 Å². The second-order valence-electron chi connectivity index (χ2n) is 17.6. The van der Waals surface area contributed by atoms with E-state index in [0.29, 0.717) is 12.8 Å². The summed E-state index contributed by atoms with van der Waals surface area (Å²) in [4.78, 5) is 13.1. The van der Waals surface area contributed by atoms with Crippen LogP contribution in [-0.2, 0) is 33.2 Å². The van der Waals surface area contributed by atoms with Crippen molar-refractivity contribution < 1.29 is 89.4 Å². The molecule has 3 aliphatic heterocycles. The van der Waals surface area contributed by atoms with Crippen molar-refractivity contribution in [2.24, 2.45) is 0 Å². The first-order valence-electron chi connectivity index (χ1n) is 24.2. The molecule has 0 saturated carbocycles. The van der Waals surface area contributed by atoms with Gasteiger partial charge in [0, 0.05) is 6.42 Å². The van der Waals surface area contributed by atoms with Crippen molar-refractivity contribution in [1.82, 2.24) is 5.32 Å². The third-order valence-corrected chi connectivity index (χ3v) is 12.3. The molecule has 66 heavy (non-hydrogen) atoms. The molecule has 0 aromatic heterocycles. The standard InChI is InChI=1S/C47H83NO18/c1-3-5-7-9-11-13-14-15-17-19-21-23-25-35(53)48-30(31(52)24-22-20-18-16-12-10-8-6-4-2)29-61-45-41(59)38(56)43(33(27-50)63-45)66-47-42(60)39(57)44(34(28-51)64-47)65-46-40(58)37(55)36(54)32(26-49)62-46/h4,6,12,16,22,24,30-34,36-47,49-52,54-60H,3,5,7-11,13-15,17-21,23,25-29H2,1-2H3,(H,48,53)/b6-4+,16-12+,24-22+. The highest BCUT2D eigenvalue weighted by atomic mass is 16.8.